The molecule has 0 aliphatic rings. The predicted octanol–water partition coefficient (Wildman–Crippen LogP) is 2.07. The summed E-state index contributed by atoms with van der Waals surface area (Å²) in [5.74, 6) is 0. The number of hydrogen-bond acceptors (Lipinski definition) is 3. The van der Waals surface area contributed by atoms with Crippen molar-refractivity contribution in [2.45, 2.75) is 13.2 Å². The molecule has 0 rings (SSSR count). The SMILES string of the molecule is C[C@@H](N=[N+]=[N-])OCCOCCBr. The normalized spacial score (nSPS) is 12.2. The molecule has 70 valence electrons. The van der Waals surface area contributed by atoms with E-state index < -0.39 is 6.23 Å². The molecular weight excluding hydrogens is 226 g/mol. The third-order valence-corrected chi connectivity index (χ3v) is 1.35. The van der Waals surface area contributed by atoms with E-state index in [0.717, 1.165) is 5.33 Å². The van der Waals surface area contributed by atoms with Crippen LogP contribution in [-0.2, 0) is 9.47 Å². The minimum absolute atomic E-state index is 0.414. The van der Waals surface area contributed by atoms with Crippen LogP contribution in [-0.4, -0.2) is 31.4 Å². The Bertz CT molecular complexity index is 150. The largest absolute Gasteiger partial charge is 0.378 e. The van der Waals surface area contributed by atoms with Crippen molar-refractivity contribution < 1.29 is 9.47 Å². The first-order valence-corrected chi connectivity index (χ1v) is 4.73. The molecule has 5 nitrogen and oxygen atoms in total. The van der Waals surface area contributed by atoms with Gasteiger partial charge in [0.25, 0.3) is 0 Å². The molecule has 6 heteroatoms. The fraction of sp³-hybridized carbons (Fsp3) is 1.00. The van der Waals surface area contributed by atoms with Crippen LogP contribution >= 0.6 is 15.9 Å². The molecule has 0 bridgehead atoms. The maximum absolute atomic E-state index is 8.02. The third-order valence-electron chi connectivity index (χ3n) is 1.02. The molecule has 0 aromatic carbocycles. The highest BCUT2D eigenvalue weighted by Gasteiger charge is 1.96. The first-order valence-electron chi connectivity index (χ1n) is 3.60. The first-order chi connectivity index (χ1) is 5.81. The molecule has 0 N–H and O–H groups in total. The van der Waals surface area contributed by atoms with Gasteiger partial charge < -0.3 is 9.47 Å². The van der Waals surface area contributed by atoms with Gasteiger partial charge in [-0.05, 0) is 12.5 Å². The van der Waals surface area contributed by atoms with E-state index in [1.807, 2.05) is 0 Å². The molecule has 0 fully saturated rings. The lowest BCUT2D eigenvalue weighted by Gasteiger charge is -2.06. The summed E-state index contributed by atoms with van der Waals surface area (Å²) in [6.07, 6.45) is -0.414. The van der Waals surface area contributed by atoms with Gasteiger partial charge in [-0.1, -0.05) is 21.0 Å². The molecule has 12 heavy (non-hydrogen) atoms. The van der Waals surface area contributed by atoms with E-state index in [1.165, 1.54) is 0 Å². The number of rotatable bonds is 7. The van der Waals surface area contributed by atoms with Crippen molar-refractivity contribution in [3.63, 3.8) is 0 Å². The highest BCUT2D eigenvalue weighted by molar-refractivity contribution is 9.09. The van der Waals surface area contributed by atoms with E-state index in [0.29, 0.717) is 19.8 Å². The standard InChI is InChI=1S/C6H12BrN3O2/c1-6(9-10-8)12-5-4-11-3-2-7/h6H,2-5H2,1H3/t6-/m0/s1. The van der Waals surface area contributed by atoms with Gasteiger partial charge in [0.2, 0.25) is 0 Å². The second kappa shape index (κ2) is 8.80. The quantitative estimate of drug-likeness (QED) is 0.224. The van der Waals surface area contributed by atoms with Crippen molar-refractivity contribution in [2.75, 3.05) is 25.2 Å². The monoisotopic (exact) mass is 237 g/mol. The number of nitrogens with zero attached hydrogens (tertiary/aromatic N) is 3. The summed E-state index contributed by atoms with van der Waals surface area (Å²) in [5.41, 5.74) is 8.02. The summed E-state index contributed by atoms with van der Waals surface area (Å²) in [6, 6.07) is 0. The molecule has 0 unspecified atom stereocenters. The topological polar surface area (TPSA) is 67.2 Å². The number of alkyl halides is 1. The van der Waals surface area contributed by atoms with Crippen LogP contribution in [0.15, 0.2) is 5.11 Å². The Hall–Kier alpha value is -0.290. The van der Waals surface area contributed by atoms with Gasteiger partial charge in [-0.15, -0.1) is 0 Å². The molecule has 0 aromatic heterocycles. The Morgan fingerprint density at radius 2 is 2.25 bits per heavy atom. The fourth-order valence-corrected chi connectivity index (χ4v) is 0.769. The van der Waals surface area contributed by atoms with Gasteiger partial charge in [0.15, 0.2) is 0 Å². The molecule has 0 aromatic rings. The van der Waals surface area contributed by atoms with E-state index in [-0.39, 0.29) is 0 Å². The second-order valence-corrected chi connectivity index (χ2v) is 2.77. The summed E-state index contributed by atoms with van der Waals surface area (Å²) in [5, 5.41) is 4.15. The van der Waals surface area contributed by atoms with E-state index in [2.05, 4.69) is 26.0 Å². The molecule has 0 heterocycles. The maximum atomic E-state index is 8.02. The molecule has 0 aliphatic carbocycles. The van der Waals surface area contributed by atoms with E-state index >= 15 is 0 Å². The van der Waals surface area contributed by atoms with Gasteiger partial charge in [0, 0.05) is 10.2 Å². The van der Waals surface area contributed by atoms with Crippen LogP contribution in [0.1, 0.15) is 6.92 Å². The van der Waals surface area contributed by atoms with Crippen LogP contribution in [0.4, 0.5) is 0 Å². The third kappa shape index (κ3) is 7.81. The van der Waals surface area contributed by atoms with Crippen LogP contribution in [0.5, 0.6) is 0 Å². The van der Waals surface area contributed by atoms with Crippen molar-refractivity contribution in [3.8, 4) is 0 Å². The van der Waals surface area contributed by atoms with Crippen LogP contribution < -0.4 is 0 Å². The zero-order chi connectivity index (χ0) is 9.23. The molecule has 0 saturated heterocycles. The van der Waals surface area contributed by atoms with Gasteiger partial charge in [0.05, 0.1) is 19.8 Å². The Balaban J connectivity index is 3.13. The van der Waals surface area contributed by atoms with Gasteiger partial charge in [-0.25, -0.2) is 0 Å². The van der Waals surface area contributed by atoms with E-state index in [9.17, 15) is 0 Å². The second-order valence-electron chi connectivity index (χ2n) is 1.98. The number of halogens is 1. The zero-order valence-corrected chi connectivity index (χ0v) is 8.53. The van der Waals surface area contributed by atoms with Gasteiger partial charge in [0.1, 0.15) is 6.23 Å². The van der Waals surface area contributed by atoms with Gasteiger partial charge in [-0.3, -0.25) is 0 Å². The Morgan fingerprint density at radius 3 is 2.83 bits per heavy atom. The highest BCUT2D eigenvalue weighted by atomic mass is 79.9. The minimum atomic E-state index is -0.414. The van der Waals surface area contributed by atoms with Crippen molar-refractivity contribution in [1.82, 2.24) is 0 Å². The zero-order valence-electron chi connectivity index (χ0n) is 6.94. The number of hydrogen-bond donors (Lipinski definition) is 0. The number of ether oxygens (including phenoxy) is 2. The molecule has 0 aliphatic heterocycles. The lowest BCUT2D eigenvalue weighted by atomic mass is 10.6. The van der Waals surface area contributed by atoms with Crippen LogP contribution in [0.3, 0.4) is 0 Å². The average Bonchev–Trinajstić information content (AvgIpc) is 2.05. The summed E-state index contributed by atoms with van der Waals surface area (Å²) < 4.78 is 10.2. The number of azide groups is 1. The summed E-state index contributed by atoms with van der Waals surface area (Å²) in [6.45, 7) is 3.33. The van der Waals surface area contributed by atoms with Gasteiger partial charge >= 0.3 is 0 Å². The van der Waals surface area contributed by atoms with E-state index in [1.54, 1.807) is 6.92 Å². The predicted molar refractivity (Wildman–Crippen MR) is 49.2 cm³/mol. The van der Waals surface area contributed by atoms with Crippen molar-refractivity contribution in [1.29, 1.82) is 0 Å². The van der Waals surface area contributed by atoms with Crippen LogP contribution in [0, 0.1) is 0 Å². The van der Waals surface area contributed by atoms with Crippen molar-refractivity contribution in [2.24, 2.45) is 5.11 Å². The Morgan fingerprint density at radius 1 is 1.50 bits per heavy atom. The molecule has 0 amide bonds. The molecule has 0 saturated carbocycles. The van der Waals surface area contributed by atoms with Crippen molar-refractivity contribution >= 4 is 15.9 Å². The van der Waals surface area contributed by atoms with Crippen LogP contribution in [0.25, 0.3) is 10.4 Å². The molecule has 0 spiro atoms. The Labute approximate surface area is 79.8 Å². The van der Waals surface area contributed by atoms with Crippen molar-refractivity contribution in [3.05, 3.63) is 10.4 Å². The van der Waals surface area contributed by atoms with Crippen LogP contribution in [0.2, 0.25) is 0 Å². The molecule has 1 atom stereocenters. The summed E-state index contributed by atoms with van der Waals surface area (Å²) >= 11 is 3.22. The fourth-order valence-electron chi connectivity index (χ4n) is 0.540. The summed E-state index contributed by atoms with van der Waals surface area (Å²) in [4.78, 5) is 2.60. The Kier molecular flexibility index (Phi) is 8.59. The molecule has 0 radical (unpaired) electrons. The lowest BCUT2D eigenvalue weighted by Crippen LogP contribution is -2.10. The maximum Gasteiger partial charge on any atom is 0.133 e. The summed E-state index contributed by atoms with van der Waals surface area (Å²) in [7, 11) is 0. The minimum Gasteiger partial charge on any atom is -0.378 e. The van der Waals surface area contributed by atoms with E-state index in [4.69, 9.17) is 15.0 Å². The molecular formula is C6H12BrN3O2. The lowest BCUT2D eigenvalue weighted by molar-refractivity contribution is 0.0192. The first kappa shape index (κ1) is 11.7. The highest BCUT2D eigenvalue weighted by Crippen LogP contribution is 1.92. The smallest absolute Gasteiger partial charge is 0.133 e. The van der Waals surface area contributed by atoms with Gasteiger partial charge in [-0.2, -0.15) is 0 Å². The average molecular weight is 238 g/mol.